The molecule has 21 heavy (non-hydrogen) atoms. The topological polar surface area (TPSA) is 117 Å². The normalized spacial score (nSPS) is 11.2. The van der Waals surface area contributed by atoms with Gasteiger partial charge in [-0.2, -0.15) is 0 Å². The van der Waals surface area contributed by atoms with Crippen LogP contribution in [0.4, 0.5) is 5.69 Å². The van der Waals surface area contributed by atoms with Crippen molar-refractivity contribution in [2.24, 2.45) is 11.5 Å². The monoisotopic (exact) mass is 317 g/mol. The molecule has 1 unspecified atom stereocenters. The predicted octanol–water partition coefficient (Wildman–Crippen LogP) is 0.518. The van der Waals surface area contributed by atoms with Gasteiger partial charge >= 0.3 is 0 Å². The number of carbonyl (C=O) groups excluding carboxylic acids is 2. The lowest BCUT2D eigenvalue weighted by Gasteiger charge is -2.14. The van der Waals surface area contributed by atoms with Gasteiger partial charge < -0.3 is 26.3 Å². The number of ether oxygens (including phenoxy) is 2. The van der Waals surface area contributed by atoms with E-state index < -0.39 is 17.9 Å². The summed E-state index contributed by atoms with van der Waals surface area (Å²) in [5.74, 6) is -0.624. The van der Waals surface area contributed by atoms with E-state index in [1.807, 2.05) is 6.92 Å². The summed E-state index contributed by atoms with van der Waals surface area (Å²) in [6.07, 6.45) is 0. The summed E-state index contributed by atoms with van der Waals surface area (Å²) in [5.41, 5.74) is 11.3. The molecule has 0 saturated carbocycles. The minimum Gasteiger partial charge on any atom is -0.494 e. The Morgan fingerprint density at radius 3 is 2.57 bits per heavy atom. The van der Waals surface area contributed by atoms with Crippen LogP contribution in [0.3, 0.4) is 0 Å². The third-order valence-electron chi connectivity index (χ3n) is 2.51. The summed E-state index contributed by atoms with van der Waals surface area (Å²) in [6.45, 7) is 2.36. The fraction of sp³-hybridized carbons (Fsp3) is 0.385. The van der Waals surface area contributed by atoms with Gasteiger partial charge in [0.1, 0.15) is 11.8 Å². The molecule has 0 aliphatic rings. The van der Waals surface area contributed by atoms with Crippen molar-refractivity contribution in [3.63, 3.8) is 0 Å². The quantitative estimate of drug-likeness (QED) is 0.677. The van der Waals surface area contributed by atoms with Gasteiger partial charge in [-0.15, -0.1) is 12.4 Å². The Hall–Kier alpha value is -1.83. The van der Waals surface area contributed by atoms with Crippen LogP contribution in [0.15, 0.2) is 18.2 Å². The number of methoxy groups -OCH3 is 1. The zero-order valence-electron chi connectivity index (χ0n) is 11.9. The molecule has 0 aliphatic heterocycles. The Morgan fingerprint density at radius 1 is 1.38 bits per heavy atom. The number of amides is 2. The molecule has 1 atom stereocenters. The zero-order chi connectivity index (χ0) is 15.1. The molecule has 0 spiro atoms. The Bertz CT molecular complexity index is 496. The molecule has 0 radical (unpaired) electrons. The lowest BCUT2D eigenvalue weighted by molar-refractivity contribution is -0.118. The smallest absolute Gasteiger partial charge is 0.250 e. The highest BCUT2D eigenvalue weighted by molar-refractivity contribution is 6.04. The van der Waals surface area contributed by atoms with Crippen molar-refractivity contribution in [2.45, 2.75) is 13.0 Å². The van der Waals surface area contributed by atoms with Gasteiger partial charge in [0.15, 0.2) is 0 Å². The fourth-order valence-corrected chi connectivity index (χ4v) is 1.57. The predicted molar refractivity (Wildman–Crippen MR) is 81.9 cm³/mol. The molecular weight excluding hydrogens is 298 g/mol. The van der Waals surface area contributed by atoms with Gasteiger partial charge in [0.2, 0.25) is 5.91 Å². The van der Waals surface area contributed by atoms with E-state index in [2.05, 4.69) is 5.32 Å². The maximum Gasteiger partial charge on any atom is 0.250 e. The van der Waals surface area contributed by atoms with Crippen LogP contribution in [-0.2, 0) is 9.53 Å². The number of halogens is 1. The van der Waals surface area contributed by atoms with Gasteiger partial charge in [-0.3, -0.25) is 9.59 Å². The minimum absolute atomic E-state index is 0. The highest BCUT2D eigenvalue weighted by Gasteiger charge is 2.17. The lowest BCUT2D eigenvalue weighted by atomic mass is 10.1. The molecule has 0 bridgehead atoms. The SMILES string of the molecule is CCOc1ccc(NC(=O)C(N)COC)c(C(N)=O)c1.Cl. The van der Waals surface area contributed by atoms with Gasteiger partial charge in [-0.1, -0.05) is 0 Å². The number of nitrogens with one attached hydrogen (secondary N) is 1. The Labute approximate surface area is 129 Å². The second kappa shape index (κ2) is 9.17. The van der Waals surface area contributed by atoms with E-state index in [0.29, 0.717) is 12.4 Å². The van der Waals surface area contributed by atoms with E-state index in [4.69, 9.17) is 20.9 Å². The molecule has 1 rings (SSSR count). The lowest BCUT2D eigenvalue weighted by Crippen LogP contribution is -2.39. The van der Waals surface area contributed by atoms with Crippen molar-refractivity contribution < 1.29 is 19.1 Å². The van der Waals surface area contributed by atoms with E-state index >= 15 is 0 Å². The molecule has 7 nitrogen and oxygen atoms in total. The molecule has 0 aliphatic carbocycles. The average molecular weight is 318 g/mol. The van der Waals surface area contributed by atoms with Crippen molar-refractivity contribution in [2.75, 3.05) is 25.6 Å². The number of hydrogen-bond donors (Lipinski definition) is 3. The zero-order valence-corrected chi connectivity index (χ0v) is 12.7. The van der Waals surface area contributed by atoms with Crippen LogP contribution < -0.4 is 21.5 Å². The number of rotatable bonds is 7. The van der Waals surface area contributed by atoms with Crippen LogP contribution in [-0.4, -0.2) is 38.2 Å². The first kappa shape index (κ1) is 19.2. The van der Waals surface area contributed by atoms with Crippen LogP contribution in [0, 0.1) is 0 Å². The molecule has 5 N–H and O–H groups in total. The molecular formula is C13H20ClN3O4. The highest BCUT2D eigenvalue weighted by atomic mass is 35.5. The minimum atomic E-state index is -0.827. The second-order valence-corrected chi connectivity index (χ2v) is 4.06. The summed E-state index contributed by atoms with van der Waals surface area (Å²) < 4.78 is 10.1. The molecule has 1 aromatic carbocycles. The van der Waals surface area contributed by atoms with Crippen molar-refractivity contribution >= 4 is 29.9 Å². The molecule has 0 heterocycles. The summed E-state index contributed by atoms with van der Waals surface area (Å²) in [5, 5.41) is 2.55. The van der Waals surface area contributed by atoms with Crippen molar-refractivity contribution in [3.05, 3.63) is 23.8 Å². The Morgan fingerprint density at radius 2 is 2.05 bits per heavy atom. The van der Waals surface area contributed by atoms with Crippen LogP contribution in [0.1, 0.15) is 17.3 Å². The van der Waals surface area contributed by atoms with E-state index in [1.165, 1.54) is 13.2 Å². The maximum absolute atomic E-state index is 11.8. The summed E-state index contributed by atoms with van der Waals surface area (Å²) in [4.78, 5) is 23.2. The molecule has 8 heteroatoms. The molecule has 0 saturated heterocycles. The fourth-order valence-electron chi connectivity index (χ4n) is 1.57. The maximum atomic E-state index is 11.8. The van der Waals surface area contributed by atoms with Crippen LogP contribution in [0.2, 0.25) is 0 Å². The highest BCUT2D eigenvalue weighted by Crippen LogP contribution is 2.22. The number of anilines is 1. The first-order valence-electron chi connectivity index (χ1n) is 6.11. The van der Waals surface area contributed by atoms with Crippen molar-refractivity contribution in [1.82, 2.24) is 0 Å². The molecule has 2 amide bonds. The van der Waals surface area contributed by atoms with Crippen molar-refractivity contribution in [3.8, 4) is 5.75 Å². The molecule has 1 aromatic rings. The van der Waals surface area contributed by atoms with Gasteiger partial charge in [-0.25, -0.2) is 0 Å². The van der Waals surface area contributed by atoms with Crippen molar-refractivity contribution in [1.29, 1.82) is 0 Å². The van der Waals surface area contributed by atoms with Gasteiger partial charge in [0.25, 0.3) is 5.91 Å². The van der Waals surface area contributed by atoms with Gasteiger partial charge in [0.05, 0.1) is 24.5 Å². The third kappa shape index (κ3) is 5.58. The summed E-state index contributed by atoms with van der Waals surface area (Å²) >= 11 is 0. The van der Waals surface area contributed by atoms with Crippen LogP contribution in [0.5, 0.6) is 5.75 Å². The van der Waals surface area contributed by atoms with Gasteiger partial charge in [0, 0.05) is 7.11 Å². The second-order valence-electron chi connectivity index (χ2n) is 4.06. The number of benzene rings is 1. The Balaban J connectivity index is 0.00000400. The molecule has 0 aromatic heterocycles. The summed E-state index contributed by atoms with van der Waals surface area (Å²) in [7, 11) is 1.44. The Kier molecular flexibility index (Phi) is 8.37. The van der Waals surface area contributed by atoms with E-state index in [-0.39, 0.29) is 30.3 Å². The summed E-state index contributed by atoms with van der Waals surface area (Å²) in [6, 6.07) is 3.83. The van der Waals surface area contributed by atoms with E-state index in [0.717, 1.165) is 0 Å². The standard InChI is InChI=1S/C13H19N3O4.ClH/c1-3-20-8-4-5-11(9(6-8)12(15)17)16-13(18)10(14)7-19-2;/h4-6,10H,3,7,14H2,1-2H3,(H2,15,17)(H,16,18);1H. The molecule has 0 fully saturated rings. The van der Waals surface area contributed by atoms with Gasteiger partial charge in [-0.05, 0) is 25.1 Å². The average Bonchev–Trinajstić information content (AvgIpc) is 2.40. The molecule has 118 valence electrons. The largest absolute Gasteiger partial charge is 0.494 e. The first-order valence-corrected chi connectivity index (χ1v) is 6.11. The third-order valence-corrected chi connectivity index (χ3v) is 2.51. The van der Waals surface area contributed by atoms with E-state index in [1.54, 1.807) is 12.1 Å². The van der Waals surface area contributed by atoms with E-state index in [9.17, 15) is 9.59 Å². The van der Waals surface area contributed by atoms with Crippen LogP contribution in [0.25, 0.3) is 0 Å². The first-order chi connectivity index (χ1) is 9.49. The number of nitrogens with two attached hydrogens (primary N) is 2. The number of primary amides is 1. The number of carbonyl (C=O) groups is 2. The number of hydrogen-bond acceptors (Lipinski definition) is 5. The van der Waals surface area contributed by atoms with Crippen LogP contribution >= 0.6 is 12.4 Å².